The molecule has 0 radical (unpaired) electrons. The molecular weight excluding hydrogens is 286 g/mol. The summed E-state index contributed by atoms with van der Waals surface area (Å²) in [5.74, 6) is -0.370. The van der Waals surface area contributed by atoms with Gasteiger partial charge in [-0.1, -0.05) is 11.6 Å². The first-order valence-electron chi connectivity index (χ1n) is 5.93. The van der Waals surface area contributed by atoms with Crippen LogP contribution in [0.5, 0.6) is 0 Å². The molecule has 2 unspecified atom stereocenters. The van der Waals surface area contributed by atoms with Crippen LogP contribution in [0.4, 0.5) is 11.4 Å². The monoisotopic (exact) mass is 299 g/mol. The number of hydrogen-bond donors (Lipinski definition) is 2. The van der Waals surface area contributed by atoms with Gasteiger partial charge >= 0.3 is 0 Å². The molecule has 20 heavy (non-hydrogen) atoms. The molecule has 1 amide bonds. The van der Waals surface area contributed by atoms with Gasteiger partial charge in [0.1, 0.15) is 0 Å². The third kappa shape index (κ3) is 2.60. The predicted molar refractivity (Wildman–Crippen MR) is 73.6 cm³/mol. The molecule has 0 aromatic heterocycles. The molecule has 3 N–H and O–H groups in total. The Morgan fingerprint density at radius 2 is 2.35 bits per heavy atom. The molecule has 8 heteroatoms. The molecular formula is C12H14ClN3O4. The Kier molecular flexibility index (Phi) is 3.94. The Bertz CT molecular complexity index is 566. The normalized spacial score (nSPS) is 25.4. The fourth-order valence-corrected chi connectivity index (χ4v) is 2.08. The molecule has 0 spiro atoms. The average molecular weight is 300 g/mol. The summed E-state index contributed by atoms with van der Waals surface area (Å²) in [6.07, 6.45) is 0. The first-order valence-corrected chi connectivity index (χ1v) is 6.31. The number of nitrogens with zero attached hydrogens (tertiary/aromatic N) is 1. The third-order valence-electron chi connectivity index (χ3n) is 3.45. The molecule has 1 aliphatic rings. The van der Waals surface area contributed by atoms with Gasteiger partial charge in [-0.15, -0.1) is 0 Å². The quantitative estimate of drug-likeness (QED) is 0.650. The Morgan fingerprint density at radius 3 is 2.90 bits per heavy atom. The number of nitro benzene ring substituents is 1. The number of halogens is 1. The van der Waals surface area contributed by atoms with Crippen molar-refractivity contribution in [1.29, 1.82) is 0 Å². The smallest absolute Gasteiger partial charge is 0.271 e. The lowest BCUT2D eigenvalue weighted by Gasteiger charge is -2.25. The van der Waals surface area contributed by atoms with E-state index in [2.05, 4.69) is 5.32 Å². The summed E-state index contributed by atoms with van der Waals surface area (Å²) >= 11 is 5.93. The van der Waals surface area contributed by atoms with E-state index in [0.29, 0.717) is 6.61 Å². The number of amides is 1. The summed E-state index contributed by atoms with van der Waals surface area (Å²) in [5, 5.41) is 13.5. The van der Waals surface area contributed by atoms with Crippen molar-refractivity contribution in [3.63, 3.8) is 0 Å². The standard InChI is InChI=1S/C12H14ClN3O4/c1-12(6-20-5-10(12)14)11(17)15-9-4-7(16(18)19)2-3-8(9)13/h2-4,10H,5-6,14H2,1H3,(H,15,17). The van der Waals surface area contributed by atoms with Crippen molar-refractivity contribution in [3.05, 3.63) is 33.3 Å². The maximum atomic E-state index is 12.3. The SMILES string of the molecule is CC1(C(=O)Nc2cc([N+](=O)[O-])ccc2Cl)COCC1N. The molecule has 0 saturated carbocycles. The lowest BCUT2D eigenvalue weighted by Crippen LogP contribution is -2.47. The van der Waals surface area contributed by atoms with E-state index < -0.39 is 16.4 Å². The molecule has 1 aliphatic heterocycles. The number of carbonyl (C=O) groups is 1. The van der Waals surface area contributed by atoms with Crippen LogP contribution in [0.1, 0.15) is 6.92 Å². The second kappa shape index (κ2) is 5.35. The summed E-state index contributed by atoms with van der Waals surface area (Å²) in [7, 11) is 0. The van der Waals surface area contributed by atoms with E-state index in [4.69, 9.17) is 22.1 Å². The van der Waals surface area contributed by atoms with E-state index in [-0.39, 0.29) is 28.9 Å². The third-order valence-corrected chi connectivity index (χ3v) is 3.77. The zero-order valence-electron chi connectivity index (χ0n) is 10.8. The maximum Gasteiger partial charge on any atom is 0.271 e. The molecule has 2 atom stereocenters. The minimum absolute atomic E-state index is 0.151. The number of hydrogen-bond acceptors (Lipinski definition) is 5. The Hall–Kier alpha value is -1.70. The first-order chi connectivity index (χ1) is 9.34. The summed E-state index contributed by atoms with van der Waals surface area (Å²) in [6.45, 7) is 2.18. The van der Waals surface area contributed by atoms with Crippen LogP contribution in [-0.4, -0.2) is 30.1 Å². The van der Waals surface area contributed by atoms with Crippen LogP contribution in [0.15, 0.2) is 18.2 Å². The average Bonchev–Trinajstić information content (AvgIpc) is 2.73. The van der Waals surface area contributed by atoms with E-state index in [9.17, 15) is 14.9 Å². The molecule has 1 heterocycles. The molecule has 108 valence electrons. The zero-order valence-corrected chi connectivity index (χ0v) is 11.5. The number of ether oxygens (including phenoxy) is 1. The maximum absolute atomic E-state index is 12.3. The number of anilines is 1. The predicted octanol–water partition coefficient (Wildman–Crippen LogP) is 1.55. The van der Waals surface area contributed by atoms with Gasteiger partial charge in [-0.05, 0) is 13.0 Å². The molecule has 0 aliphatic carbocycles. The van der Waals surface area contributed by atoms with Crippen molar-refractivity contribution in [2.75, 3.05) is 18.5 Å². The number of non-ortho nitro benzene ring substituents is 1. The number of nitrogens with two attached hydrogens (primary N) is 1. The highest BCUT2D eigenvalue weighted by Gasteiger charge is 2.44. The highest BCUT2D eigenvalue weighted by molar-refractivity contribution is 6.33. The van der Waals surface area contributed by atoms with Gasteiger partial charge in [0, 0.05) is 18.2 Å². The highest BCUT2D eigenvalue weighted by atomic mass is 35.5. The van der Waals surface area contributed by atoms with Gasteiger partial charge in [-0.2, -0.15) is 0 Å². The summed E-state index contributed by atoms with van der Waals surface area (Å²) in [6, 6.07) is 3.41. The first kappa shape index (κ1) is 14.7. The number of nitro groups is 1. The van der Waals surface area contributed by atoms with Crippen LogP contribution in [0, 0.1) is 15.5 Å². The van der Waals surface area contributed by atoms with Gasteiger partial charge < -0.3 is 15.8 Å². The van der Waals surface area contributed by atoms with Gasteiger partial charge in [-0.25, -0.2) is 0 Å². The van der Waals surface area contributed by atoms with Gasteiger partial charge in [0.15, 0.2) is 0 Å². The van der Waals surface area contributed by atoms with E-state index in [0.717, 1.165) is 0 Å². The molecule has 1 aromatic rings. The summed E-state index contributed by atoms with van der Waals surface area (Å²) < 4.78 is 5.20. The van der Waals surface area contributed by atoms with Gasteiger partial charge in [-0.3, -0.25) is 14.9 Å². The number of nitrogens with one attached hydrogen (secondary N) is 1. The Balaban J connectivity index is 2.23. The molecule has 2 rings (SSSR count). The van der Waals surface area contributed by atoms with Crippen molar-refractivity contribution in [1.82, 2.24) is 0 Å². The fraction of sp³-hybridized carbons (Fsp3) is 0.417. The second-order valence-corrected chi connectivity index (χ2v) is 5.32. The minimum atomic E-state index is -0.881. The van der Waals surface area contributed by atoms with Crippen LogP contribution in [0.2, 0.25) is 5.02 Å². The second-order valence-electron chi connectivity index (χ2n) is 4.91. The molecule has 1 fully saturated rings. The Labute approximate surface area is 120 Å². The van der Waals surface area contributed by atoms with Crippen LogP contribution in [0.3, 0.4) is 0 Å². The van der Waals surface area contributed by atoms with Crippen LogP contribution in [-0.2, 0) is 9.53 Å². The van der Waals surface area contributed by atoms with E-state index in [1.54, 1.807) is 6.92 Å². The van der Waals surface area contributed by atoms with Gasteiger partial charge in [0.05, 0.1) is 34.3 Å². The zero-order chi connectivity index (χ0) is 14.9. The van der Waals surface area contributed by atoms with Crippen molar-refractivity contribution < 1.29 is 14.5 Å². The van der Waals surface area contributed by atoms with E-state index in [1.165, 1.54) is 18.2 Å². The fourth-order valence-electron chi connectivity index (χ4n) is 1.91. The summed E-state index contributed by atoms with van der Waals surface area (Å²) in [4.78, 5) is 22.5. The van der Waals surface area contributed by atoms with Crippen molar-refractivity contribution in [2.24, 2.45) is 11.1 Å². The topological polar surface area (TPSA) is 107 Å². The molecule has 1 aromatic carbocycles. The number of benzene rings is 1. The largest absolute Gasteiger partial charge is 0.379 e. The number of carbonyl (C=O) groups excluding carboxylic acids is 1. The molecule has 1 saturated heterocycles. The number of rotatable bonds is 3. The lowest BCUT2D eigenvalue weighted by molar-refractivity contribution is -0.384. The van der Waals surface area contributed by atoms with Gasteiger partial charge in [0.25, 0.3) is 5.69 Å². The summed E-state index contributed by atoms with van der Waals surface area (Å²) in [5.41, 5.74) is 5.01. The van der Waals surface area contributed by atoms with E-state index >= 15 is 0 Å². The van der Waals surface area contributed by atoms with Crippen molar-refractivity contribution >= 4 is 28.9 Å². The minimum Gasteiger partial charge on any atom is -0.379 e. The van der Waals surface area contributed by atoms with Crippen LogP contribution in [0.25, 0.3) is 0 Å². The van der Waals surface area contributed by atoms with Crippen molar-refractivity contribution in [2.45, 2.75) is 13.0 Å². The van der Waals surface area contributed by atoms with Gasteiger partial charge in [0.2, 0.25) is 5.91 Å². The van der Waals surface area contributed by atoms with Crippen LogP contribution < -0.4 is 11.1 Å². The molecule has 7 nitrogen and oxygen atoms in total. The van der Waals surface area contributed by atoms with E-state index in [1.807, 2.05) is 0 Å². The molecule has 0 bridgehead atoms. The highest BCUT2D eigenvalue weighted by Crippen LogP contribution is 2.32. The lowest BCUT2D eigenvalue weighted by atomic mass is 9.85. The Morgan fingerprint density at radius 1 is 1.65 bits per heavy atom. The van der Waals surface area contributed by atoms with Crippen molar-refractivity contribution in [3.8, 4) is 0 Å². The van der Waals surface area contributed by atoms with Crippen LogP contribution >= 0.6 is 11.6 Å².